The first-order chi connectivity index (χ1) is 11.0. The molecule has 4 rings (SSSR count). The van der Waals surface area contributed by atoms with Crippen molar-refractivity contribution in [3.8, 4) is 15.6 Å². The highest BCUT2D eigenvalue weighted by molar-refractivity contribution is 14.1. The maximum Gasteiger partial charge on any atom is 0.131 e. The largest absolute Gasteiger partial charge is 0.508 e. The van der Waals surface area contributed by atoms with Crippen molar-refractivity contribution in [2.75, 3.05) is 0 Å². The van der Waals surface area contributed by atoms with Gasteiger partial charge in [0.25, 0.3) is 0 Å². The Bertz CT molecular complexity index is 703. The molecule has 0 aliphatic heterocycles. The predicted molar refractivity (Wildman–Crippen MR) is 99.5 cm³/mol. The summed E-state index contributed by atoms with van der Waals surface area (Å²) in [5, 5.41) is 20.9. The Morgan fingerprint density at radius 3 is 2.83 bits per heavy atom. The molecule has 3 aliphatic rings. The number of phenols is 1. The highest BCUT2D eigenvalue weighted by Crippen LogP contribution is 2.64. The molecule has 5 atom stereocenters. The fraction of sp³-hybridized carbons (Fsp3) is 0.600. The molecule has 23 heavy (non-hydrogen) atoms. The first-order valence-corrected chi connectivity index (χ1v) is 9.73. The monoisotopic (exact) mass is 422 g/mol. The van der Waals surface area contributed by atoms with Gasteiger partial charge in [-0.05, 0) is 83.5 Å². The second-order valence-electron chi connectivity index (χ2n) is 7.87. The second-order valence-corrected chi connectivity index (χ2v) is 8.41. The van der Waals surface area contributed by atoms with Gasteiger partial charge in [0.15, 0.2) is 0 Å². The summed E-state index contributed by atoms with van der Waals surface area (Å²) in [5.74, 6) is 5.33. The molecule has 0 bridgehead atoms. The van der Waals surface area contributed by atoms with E-state index >= 15 is 0 Å². The molecule has 2 N–H and O–H groups in total. The van der Waals surface area contributed by atoms with Crippen molar-refractivity contribution in [2.45, 2.75) is 57.0 Å². The number of hydrogen-bond acceptors (Lipinski definition) is 2. The van der Waals surface area contributed by atoms with Crippen LogP contribution in [-0.2, 0) is 6.42 Å². The Labute approximate surface area is 151 Å². The third kappa shape index (κ3) is 2.17. The van der Waals surface area contributed by atoms with E-state index in [2.05, 4.69) is 45.4 Å². The standard InChI is InChI=1S/C20H23IO2/c1-19-8-6-16-15-5-3-14(22)12-13(15)2-4-17(16)18(19)7-9-20(19,23)10-11-21/h3,5,12,16-18,22-23H,2,4,6-9H2,1H3/t16-,17-,18+,19+,20-/m1/s1. The number of fused-ring (bicyclic) bond motifs is 5. The number of phenolic OH excluding ortho intramolecular Hbond substituents is 1. The smallest absolute Gasteiger partial charge is 0.131 e. The lowest BCUT2D eigenvalue weighted by Gasteiger charge is -2.52. The van der Waals surface area contributed by atoms with Crippen LogP contribution < -0.4 is 0 Å². The van der Waals surface area contributed by atoms with Crippen molar-refractivity contribution >= 4 is 22.6 Å². The average Bonchev–Trinajstić information content (AvgIpc) is 2.79. The molecule has 0 aromatic heterocycles. The maximum absolute atomic E-state index is 11.2. The summed E-state index contributed by atoms with van der Waals surface area (Å²) in [5.41, 5.74) is 1.89. The van der Waals surface area contributed by atoms with E-state index in [0.717, 1.165) is 32.1 Å². The molecule has 0 saturated heterocycles. The molecule has 0 heterocycles. The van der Waals surface area contributed by atoms with Crippen LogP contribution in [0.1, 0.15) is 56.1 Å². The number of hydrogen-bond donors (Lipinski definition) is 2. The van der Waals surface area contributed by atoms with Gasteiger partial charge in [-0.1, -0.05) is 18.9 Å². The van der Waals surface area contributed by atoms with Crippen molar-refractivity contribution in [2.24, 2.45) is 17.3 Å². The van der Waals surface area contributed by atoms with Crippen LogP contribution in [0, 0.1) is 27.1 Å². The Morgan fingerprint density at radius 1 is 1.22 bits per heavy atom. The third-order valence-corrected chi connectivity index (χ3v) is 7.39. The molecule has 1 aromatic rings. The molecule has 0 unspecified atom stereocenters. The minimum Gasteiger partial charge on any atom is -0.508 e. The van der Waals surface area contributed by atoms with Gasteiger partial charge < -0.3 is 10.2 Å². The SMILES string of the molecule is C[C@]12CC[C@@H]3c4ccc(O)cc4CC[C@H]3[C@@H]1CC[C@@]2(O)C#CI. The molecule has 3 heteroatoms. The first kappa shape index (κ1) is 15.8. The van der Waals surface area contributed by atoms with Crippen LogP contribution in [0.5, 0.6) is 5.75 Å². The summed E-state index contributed by atoms with van der Waals surface area (Å²) in [6.45, 7) is 2.27. The molecule has 3 aliphatic carbocycles. The van der Waals surface area contributed by atoms with Gasteiger partial charge in [-0.3, -0.25) is 0 Å². The molecule has 2 saturated carbocycles. The van der Waals surface area contributed by atoms with E-state index in [1.165, 1.54) is 17.5 Å². The number of benzene rings is 1. The van der Waals surface area contributed by atoms with Gasteiger partial charge in [0.05, 0.1) is 0 Å². The molecule has 0 amide bonds. The molecule has 2 fully saturated rings. The maximum atomic E-state index is 11.2. The van der Waals surface area contributed by atoms with Crippen LogP contribution in [0.25, 0.3) is 0 Å². The zero-order valence-electron chi connectivity index (χ0n) is 13.5. The van der Waals surface area contributed by atoms with Crippen LogP contribution in [0.3, 0.4) is 0 Å². The normalized spacial score (nSPS) is 41.3. The van der Waals surface area contributed by atoms with E-state index in [0.29, 0.717) is 23.5 Å². The number of aliphatic hydroxyl groups is 1. The van der Waals surface area contributed by atoms with Gasteiger partial charge in [0.1, 0.15) is 11.4 Å². The summed E-state index contributed by atoms with van der Waals surface area (Å²) >= 11 is 2.05. The van der Waals surface area contributed by atoms with Crippen molar-refractivity contribution in [1.29, 1.82) is 0 Å². The lowest BCUT2D eigenvalue weighted by Crippen LogP contribution is -2.50. The second kappa shape index (κ2) is 5.39. The van der Waals surface area contributed by atoms with E-state index in [9.17, 15) is 10.2 Å². The van der Waals surface area contributed by atoms with Crippen molar-refractivity contribution in [3.63, 3.8) is 0 Å². The highest BCUT2D eigenvalue weighted by Gasteiger charge is 2.61. The van der Waals surface area contributed by atoms with Crippen LogP contribution >= 0.6 is 22.6 Å². The molecule has 2 nitrogen and oxygen atoms in total. The highest BCUT2D eigenvalue weighted by atomic mass is 127. The Hall–Kier alpha value is -0.730. The Kier molecular flexibility index (Phi) is 3.70. The van der Waals surface area contributed by atoms with E-state index < -0.39 is 5.60 Å². The Morgan fingerprint density at radius 2 is 2.04 bits per heavy atom. The third-order valence-electron chi connectivity index (χ3n) is 7.12. The molecular formula is C20H23IO2. The first-order valence-electron chi connectivity index (χ1n) is 8.65. The average molecular weight is 422 g/mol. The van der Waals surface area contributed by atoms with Gasteiger partial charge in [-0.25, -0.2) is 0 Å². The van der Waals surface area contributed by atoms with Crippen LogP contribution in [0.15, 0.2) is 18.2 Å². The van der Waals surface area contributed by atoms with E-state index in [1.54, 1.807) is 0 Å². The van der Waals surface area contributed by atoms with Gasteiger partial charge in [0.2, 0.25) is 0 Å². The zero-order chi connectivity index (χ0) is 16.2. The van der Waals surface area contributed by atoms with E-state index in [-0.39, 0.29) is 5.41 Å². The van der Waals surface area contributed by atoms with E-state index in [4.69, 9.17) is 0 Å². The summed E-state index contributed by atoms with van der Waals surface area (Å²) in [4.78, 5) is 0. The minimum atomic E-state index is -0.806. The number of aromatic hydroxyl groups is 1. The van der Waals surface area contributed by atoms with Gasteiger partial charge >= 0.3 is 0 Å². The van der Waals surface area contributed by atoms with Gasteiger partial charge in [-0.15, -0.1) is 0 Å². The minimum absolute atomic E-state index is 0.0687. The molecular weight excluding hydrogens is 399 g/mol. The van der Waals surface area contributed by atoms with Crippen molar-refractivity contribution in [3.05, 3.63) is 29.3 Å². The summed E-state index contributed by atoms with van der Waals surface area (Å²) in [7, 11) is 0. The summed E-state index contributed by atoms with van der Waals surface area (Å²) in [6, 6.07) is 5.92. The summed E-state index contributed by atoms with van der Waals surface area (Å²) in [6.07, 6.45) is 6.30. The Balaban J connectivity index is 1.71. The zero-order valence-corrected chi connectivity index (χ0v) is 15.6. The van der Waals surface area contributed by atoms with Crippen molar-refractivity contribution in [1.82, 2.24) is 0 Å². The molecule has 0 radical (unpaired) electrons. The van der Waals surface area contributed by atoms with Crippen LogP contribution in [-0.4, -0.2) is 15.8 Å². The molecule has 0 spiro atoms. The van der Waals surface area contributed by atoms with Crippen molar-refractivity contribution < 1.29 is 10.2 Å². The number of halogens is 1. The number of aryl methyl sites for hydroxylation is 1. The molecule has 1 aromatic carbocycles. The van der Waals surface area contributed by atoms with Gasteiger partial charge in [0, 0.05) is 28.0 Å². The predicted octanol–water partition coefficient (Wildman–Crippen LogP) is 4.38. The summed E-state index contributed by atoms with van der Waals surface area (Å²) < 4.78 is 2.94. The topological polar surface area (TPSA) is 40.5 Å². The number of rotatable bonds is 0. The fourth-order valence-electron chi connectivity index (χ4n) is 5.87. The quantitative estimate of drug-likeness (QED) is 0.482. The van der Waals surface area contributed by atoms with Crippen LogP contribution in [0.2, 0.25) is 0 Å². The fourth-order valence-corrected chi connectivity index (χ4v) is 6.31. The van der Waals surface area contributed by atoms with Gasteiger partial charge in [-0.2, -0.15) is 0 Å². The van der Waals surface area contributed by atoms with E-state index in [1.807, 2.05) is 12.1 Å². The lowest BCUT2D eigenvalue weighted by molar-refractivity contribution is -0.0647. The lowest BCUT2D eigenvalue weighted by atomic mass is 9.53. The van der Waals surface area contributed by atoms with Crippen LogP contribution in [0.4, 0.5) is 0 Å². The molecule has 122 valence electrons.